The van der Waals surface area contributed by atoms with Gasteiger partial charge in [0.05, 0.1) is 5.69 Å². The first-order valence-corrected chi connectivity index (χ1v) is 7.66. The molecule has 1 heterocycles. The highest BCUT2D eigenvalue weighted by Gasteiger charge is 2.36. The van der Waals surface area contributed by atoms with Gasteiger partial charge in [0.25, 0.3) is 0 Å². The molecule has 0 saturated heterocycles. The van der Waals surface area contributed by atoms with E-state index < -0.39 is 0 Å². The third kappa shape index (κ3) is 2.44. The smallest absolute Gasteiger partial charge is 0.0722 e. The van der Waals surface area contributed by atoms with Crippen molar-refractivity contribution >= 4 is 5.69 Å². The fourth-order valence-corrected chi connectivity index (χ4v) is 3.35. The molecule has 2 nitrogen and oxygen atoms in total. The molecule has 2 N–H and O–H groups in total. The lowest BCUT2D eigenvalue weighted by molar-refractivity contribution is 0.332. The van der Waals surface area contributed by atoms with Crippen LogP contribution in [-0.2, 0) is 10.8 Å². The Kier molecular flexibility index (Phi) is 3.09. The molecule has 3 rings (SSSR count). The van der Waals surface area contributed by atoms with Crippen molar-refractivity contribution in [2.75, 3.05) is 5.73 Å². The summed E-state index contributed by atoms with van der Waals surface area (Å²) in [5, 5.41) is 0. The fourth-order valence-electron chi connectivity index (χ4n) is 3.35. The van der Waals surface area contributed by atoms with E-state index in [9.17, 15) is 0 Å². The zero-order chi connectivity index (χ0) is 15.3. The third-order valence-electron chi connectivity index (χ3n) is 4.93. The summed E-state index contributed by atoms with van der Waals surface area (Å²) in [6.07, 6.45) is 4.24. The number of aromatic nitrogens is 1. The summed E-state index contributed by atoms with van der Waals surface area (Å²) in [6.45, 7) is 9.38. The molecule has 1 aromatic heterocycles. The van der Waals surface area contributed by atoms with Gasteiger partial charge in [-0.15, -0.1) is 0 Å². The number of nitrogens with two attached hydrogens (primary N) is 1. The van der Waals surface area contributed by atoms with Crippen molar-refractivity contribution in [1.82, 2.24) is 4.98 Å². The average molecular weight is 280 g/mol. The molecule has 0 fully saturated rings. The highest BCUT2D eigenvalue weighted by Crippen LogP contribution is 2.46. The van der Waals surface area contributed by atoms with Crippen molar-refractivity contribution in [3.8, 4) is 11.3 Å². The Morgan fingerprint density at radius 3 is 2.24 bits per heavy atom. The number of fused-ring (bicyclic) bond motifs is 1. The summed E-state index contributed by atoms with van der Waals surface area (Å²) < 4.78 is 0. The SMILES string of the molecule is CC1(C)CCC(C)(C)c2cc(-c3cc(N)ccn3)ccc21. The molecule has 0 amide bonds. The first-order chi connectivity index (χ1) is 9.79. The second-order valence-corrected chi connectivity index (χ2v) is 7.50. The summed E-state index contributed by atoms with van der Waals surface area (Å²) in [7, 11) is 0. The van der Waals surface area contributed by atoms with Gasteiger partial charge in [0.1, 0.15) is 0 Å². The van der Waals surface area contributed by atoms with Crippen LogP contribution in [0.2, 0.25) is 0 Å². The van der Waals surface area contributed by atoms with Crippen molar-refractivity contribution in [3.63, 3.8) is 0 Å². The second kappa shape index (κ2) is 4.59. The van der Waals surface area contributed by atoms with E-state index in [0.29, 0.717) is 0 Å². The molecule has 0 saturated carbocycles. The van der Waals surface area contributed by atoms with Crippen molar-refractivity contribution in [1.29, 1.82) is 0 Å². The third-order valence-corrected chi connectivity index (χ3v) is 4.93. The average Bonchev–Trinajstić information content (AvgIpc) is 2.44. The number of pyridine rings is 1. The van der Waals surface area contributed by atoms with E-state index in [4.69, 9.17) is 5.73 Å². The number of anilines is 1. The van der Waals surface area contributed by atoms with Crippen LogP contribution in [0, 0.1) is 0 Å². The number of rotatable bonds is 1. The molecule has 1 aliphatic carbocycles. The largest absolute Gasteiger partial charge is 0.399 e. The van der Waals surface area contributed by atoms with Crippen LogP contribution in [-0.4, -0.2) is 4.98 Å². The standard InChI is InChI=1S/C19H24N2/c1-18(2)8-9-19(3,4)16-11-13(5-6-15(16)18)17-12-14(20)7-10-21-17/h5-7,10-12H,8-9H2,1-4H3,(H2,20,21). The summed E-state index contributed by atoms with van der Waals surface area (Å²) in [5.41, 5.74) is 12.2. The number of hydrogen-bond donors (Lipinski definition) is 1. The molecule has 21 heavy (non-hydrogen) atoms. The molecule has 1 aliphatic rings. The summed E-state index contributed by atoms with van der Waals surface area (Å²) in [4.78, 5) is 4.46. The van der Waals surface area contributed by atoms with Gasteiger partial charge in [-0.25, -0.2) is 0 Å². The highest BCUT2D eigenvalue weighted by atomic mass is 14.7. The molecule has 0 spiro atoms. The quantitative estimate of drug-likeness (QED) is 0.823. The van der Waals surface area contributed by atoms with Gasteiger partial charge >= 0.3 is 0 Å². The fraction of sp³-hybridized carbons (Fsp3) is 0.421. The van der Waals surface area contributed by atoms with Crippen LogP contribution in [0.3, 0.4) is 0 Å². The topological polar surface area (TPSA) is 38.9 Å². The van der Waals surface area contributed by atoms with E-state index in [2.05, 4.69) is 50.9 Å². The Morgan fingerprint density at radius 2 is 1.57 bits per heavy atom. The van der Waals surface area contributed by atoms with Crippen LogP contribution in [0.5, 0.6) is 0 Å². The van der Waals surface area contributed by atoms with Crippen LogP contribution >= 0.6 is 0 Å². The molecule has 1 aromatic carbocycles. The van der Waals surface area contributed by atoms with Gasteiger partial charge in [0.15, 0.2) is 0 Å². The molecular weight excluding hydrogens is 256 g/mol. The number of hydrogen-bond acceptors (Lipinski definition) is 2. The van der Waals surface area contributed by atoms with E-state index >= 15 is 0 Å². The van der Waals surface area contributed by atoms with E-state index in [-0.39, 0.29) is 10.8 Å². The first kappa shape index (κ1) is 14.1. The molecule has 0 unspecified atom stereocenters. The first-order valence-electron chi connectivity index (χ1n) is 7.66. The van der Waals surface area contributed by atoms with Crippen molar-refractivity contribution in [3.05, 3.63) is 47.7 Å². The molecule has 0 atom stereocenters. The van der Waals surface area contributed by atoms with Gasteiger partial charge < -0.3 is 5.73 Å². The Balaban J connectivity index is 2.16. The lowest BCUT2D eigenvalue weighted by atomic mass is 9.63. The maximum absolute atomic E-state index is 5.89. The lowest BCUT2D eigenvalue weighted by Crippen LogP contribution is -2.33. The predicted octanol–water partition coefficient (Wildman–Crippen LogP) is 4.68. The van der Waals surface area contributed by atoms with E-state index in [0.717, 1.165) is 16.9 Å². The molecule has 2 aromatic rings. The van der Waals surface area contributed by atoms with Crippen LogP contribution in [0.25, 0.3) is 11.3 Å². The minimum Gasteiger partial charge on any atom is -0.399 e. The monoisotopic (exact) mass is 280 g/mol. The molecule has 0 aliphatic heterocycles. The van der Waals surface area contributed by atoms with Crippen molar-refractivity contribution in [2.24, 2.45) is 0 Å². The predicted molar refractivity (Wildman–Crippen MR) is 89.4 cm³/mol. The zero-order valence-electron chi connectivity index (χ0n) is 13.4. The van der Waals surface area contributed by atoms with Crippen LogP contribution in [0.15, 0.2) is 36.5 Å². The normalized spacial score (nSPS) is 19.0. The van der Waals surface area contributed by atoms with E-state index in [1.165, 1.54) is 24.0 Å². The van der Waals surface area contributed by atoms with Gasteiger partial charge in [-0.2, -0.15) is 0 Å². The maximum Gasteiger partial charge on any atom is 0.0722 e. The molecule has 2 heteroatoms. The van der Waals surface area contributed by atoms with E-state index in [1.807, 2.05) is 12.1 Å². The van der Waals surface area contributed by atoms with Crippen molar-refractivity contribution < 1.29 is 0 Å². The maximum atomic E-state index is 5.89. The summed E-state index contributed by atoms with van der Waals surface area (Å²) >= 11 is 0. The van der Waals surface area contributed by atoms with Gasteiger partial charge in [-0.05, 0) is 53.0 Å². The Labute approximate surface area is 127 Å². The minimum absolute atomic E-state index is 0.223. The number of nitrogen functional groups attached to an aromatic ring is 1. The zero-order valence-corrected chi connectivity index (χ0v) is 13.4. The van der Waals surface area contributed by atoms with Gasteiger partial charge in [0, 0.05) is 17.4 Å². The Morgan fingerprint density at radius 1 is 0.905 bits per heavy atom. The minimum atomic E-state index is 0.223. The molecular formula is C19H24N2. The Hall–Kier alpha value is -1.83. The van der Waals surface area contributed by atoms with Gasteiger partial charge in [0.2, 0.25) is 0 Å². The lowest BCUT2D eigenvalue weighted by Gasteiger charge is -2.42. The van der Waals surface area contributed by atoms with Crippen LogP contribution in [0.4, 0.5) is 5.69 Å². The van der Waals surface area contributed by atoms with Gasteiger partial charge in [-0.3, -0.25) is 4.98 Å². The van der Waals surface area contributed by atoms with Crippen LogP contribution in [0.1, 0.15) is 51.7 Å². The van der Waals surface area contributed by atoms with Crippen LogP contribution < -0.4 is 5.73 Å². The summed E-state index contributed by atoms with van der Waals surface area (Å²) in [6, 6.07) is 10.6. The molecule has 110 valence electrons. The highest BCUT2D eigenvalue weighted by molar-refractivity contribution is 5.65. The second-order valence-electron chi connectivity index (χ2n) is 7.50. The number of benzene rings is 1. The van der Waals surface area contributed by atoms with E-state index in [1.54, 1.807) is 6.20 Å². The number of nitrogens with zero attached hydrogens (tertiary/aromatic N) is 1. The summed E-state index contributed by atoms with van der Waals surface area (Å²) in [5.74, 6) is 0. The Bertz CT molecular complexity index is 684. The van der Waals surface area contributed by atoms with Gasteiger partial charge in [-0.1, -0.05) is 39.8 Å². The van der Waals surface area contributed by atoms with Crippen molar-refractivity contribution in [2.45, 2.75) is 51.4 Å². The molecule has 0 bridgehead atoms. The molecule has 0 radical (unpaired) electrons.